The van der Waals surface area contributed by atoms with Gasteiger partial charge in [-0.15, -0.1) is 0 Å². The Bertz CT molecular complexity index is 1190. The van der Waals surface area contributed by atoms with Crippen LogP contribution in [0.3, 0.4) is 0 Å². The van der Waals surface area contributed by atoms with Gasteiger partial charge in [0.25, 0.3) is 18.0 Å². The molecule has 2 fully saturated rings. The summed E-state index contributed by atoms with van der Waals surface area (Å²) in [7, 11) is 0. The summed E-state index contributed by atoms with van der Waals surface area (Å²) in [6, 6.07) is -0.571. The first-order valence-corrected chi connectivity index (χ1v) is 13.0. The second-order valence-electron chi connectivity index (χ2n) is 9.79. The third-order valence-electron chi connectivity index (χ3n) is 7.04. The van der Waals surface area contributed by atoms with Crippen LogP contribution in [0.5, 0.6) is 11.8 Å². The van der Waals surface area contributed by atoms with Crippen molar-refractivity contribution in [2.75, 3.05) is 32.8 Å². The first-order chi connectivity index (χ1) is 17.1. The Morgan fingerprint density at radius 3 is 2.89 bits per heavy atom. The van der Waals surface area contributed by atoms with Gasteiger partial charge in [-0.1, -0.05) is 19.1 Å². The Morgan fingerprint density at radius 2 is 2.17 bits per heavy atom. The van der Waals surface area contributed by atoms with Crippen molar-refractivity contribution in [3.63, 3.8) is 0 Å². The zero-order valence-electron chi connectivity index (χ0n) is 20.7. The van der Waals surface area contributed by atoms with Gasteiger partial charge in [0.1, 0.15) is 29.9 Å². The molecule has 0 amide bonds. The third kappa shape index (κ3) is 5.43. The molecule has 1 aromatic carbocycles. The largest absolute Gasteiger partial charge is 0.490 e. The number of aromatic nitrogens is 2. The molecule has 7 nitrogen and oxygen atoms in total. The molecule has 0 bridgehead atoms. The van der Waals surface area contributed by atoms with E-state index in [2.05, 4.69) is 43.0 Å². The first-order valence-electron chi connectivity index (χ1n) is 12.2. The molecule has 11 heteroatoms. The van der Waals surface area contributed by atoms with Crippen LogP contribution in [-0.2, 0) is 0 Å². The van der Waals surface area contributed by atoms with Gasteiger partial charge in [0, 0.05) is 12.1 Å². The predicted molar refractivity (Wildman–Crippen MR) is 136 cm³/mol. The van der Waals surface area contributed by atoms with Crippen LogP contribution in [0.4, 0.5) is 13.2 Å². The van der Waals surface area contributed by atoms with Gasteiger partial charge in [-0.2, -0.15) is 4.98 Å². The van der Waals surface area contributed by atoms with Crippen molar-refractivity contribution in [2.24, 2.45) is 5.92 Å². The van der Waals surface area contributed by atoms with E-state index in [0.717, 1.165) is 32.4 Å². The van der Waals surface area contributed by atoms with Crippen LogP contribution in [0.15, 0.2) is 21.4 Å². The van der Waals surface area contributed by atoms with E-state index >= 15 is 4.39 Å². The molecule has 36 heavy (non-hydrogen) atoms. The maximum atomic E-state index is 15.2. The average Bonchev–Trinajstić information content (AvgIpc) is 3.35. The van der Waals surface area contributed by atoms with E-state index in [9.17, 15) is 13.6 Å². The van der Waals surface area contributed by atoms with Crippen molar-refractivity contribution in [2.45, 2.75) is 58.0 Å². The van der Waals surface area contributed by atoms with Gasteiger partial charge in [0.05, 0.1) is 22.6 Å². The molecule has 2 N–H and O–H groups in total. The molecule has 0 unspecified atom stereocenters. The fourth-order valence-corrected chi connectivity index (χ4v) is 5.85. The minimum absolute atomic E-state index is 0.0423. The lowest BCUT2D eigenvalue weighted by atomic mass is 9.92. The Kier molecular flexibility index (Phi) is 8.31. The number of nitrogens with zero attached hydrogens (tertiary/aromatic N) is 2. The molecule has 4 rings (SSSR count). The highest BCUT2D eigenvalue weighted by molar-refractivity contribution is 9.10. The van der Waals surface area contributed by atoms with E-state index in [1.54, 1.807) is 26.0 Å². The summed E-state index contributed by atoms with van der Waals surface area (Å²) in [6.07, 6.45) is 4.00. The van der Waals surface area contributed by atoms with Crippen molar-refractivity contribution in [1.29, 1.82) is 0 Å². The SMILES string of the molecule is C/C=C\[C@@H](COc1c(C)c(Br)c(F)c2nc(OC[C@@]34CCCN3C[C@H](C)C4)[nH]c(=O)c12)NCC(F)F. The van der Waals surface area contributed by atoms with Crippen molar-refractivity contribution in [3.05, 3.63) is 38.4 Å². The third-order valence-corrected chi connectivity index (χ3v) is 7.98. The minimum Gasteiger partial charge on any atom is -0.490 e. The van der Waals surface area contributed by atoms with Gasteiger partial charge in [-0.25, -0.2) is 13.2 Å². The van der Waals surface area contributed by atoms with Crippen LogP contribution < -0.4 is 20.3 Å². The lowest BCUT2D eigenvalue weighted by Crippen LogP contribution is -2.43. The van der Waals surface area contributed by atoms with Gasteiger partial charge >= 0.3 is 0 Å². The van der Waals surface area contributed by atoms with Crippen LogP contribution in [0, 0.1) is 18.7 Å². The summed E-state index contributed by atoms with van der Waals surface area (Å²) in [5, 5.41) is 2.65. The number of benzene rings is 1. The van der Waals surface area contributed by atoms with Gasteiger partial charge < -0.3 is 14.8 Å². The number of hydrogen-bond acceptors (Lipinski definition) is 6. The number of alkyl halides is 2. The maximum Gasteiger partial charge on any atom is 0.297 e. The summed E-state index contributed by atoms with van der Waals surface area (Å²) >= 11 is 3.24. The highest BCUT2D eigenvalue weighted by Gasteiger charge is 2.47. The molecule has 3 heterocycles. The van der Waals surface area contributed by atoms with Crippen LogP contribution in [0.1, 0.15) is 38.7 Å². The topological polar surface area (TPSA) is 79.5 Å². The normalized spacial score (nSPS) is 23.2. The molecule has 198 valence electrons. The van der Waals surface area contributed by atoms with E-state index in [4.69, 9.17) is 9.47 Å². The Morgan fingerprint density at radius 1 is 1.39 bits per heavy atom. The fourth-order valence-electron chi connectivity index (χ4n) is 5.48. The smallest absolute Gasteiger partial charge is 0.297 e. The first kappa shape index (κ1) is 26.9. The molecule has 0 aliphatic carbocycles. The number of H-pyrrole nitrogens is 1. The summed E-state index contributed by atoms with van der Waals surface area (Å²) in [5.41, 5.74) is -0.483. The monoisotopic (exact) mass is 572 g/mol. The second kappa shape index (κ2) is 11.1. The van der Waals surface area contributed by atoms with E-state index in [0.29, 0.717) is 18.1 Å². The van der Waals surface area contributed by atoms with E-state index in [-0.39, 0.29) is 39.3 Å². The molecule has 1 aromatic heterocycles. The van der Waals surface area contributed by atoms with Crippen LogP contribution in [0.2, 0.25) is 0 Å². The van der Waals surface area contributed by atoms with Crippen LogP contribution in [0.25, 0.3) is 10.9 Å². The van der Waals surface area contributed by atoms with Gasteiger partial charge in [-0.05, 0) is 61.5 Å². The molecule has 2 aliphatic rings. The number of fused-ring (bicyclic) bond motifs is 2. The van der Waals surface area contributed by atoms with Crippen molar-refractivity contribution < 1.29 is 22.6 Å². The zero-order chi connectivity index (χ0) is 26.0. The number of aromatic amines is 1. The standard InChI is InChI=1S/C25H32BrF3N4O3/c1-4-6-16(30-10-17(27)28)12-35-22-15(3)19(26)20(29)21-18(22)23(34)32-24(31-21)36-13-25-7-5-8-33(25)11-14(2)9-25/h4,6,14,16-17,30H,5,7-13H2,1-3H3,(H,31,32,34)/b6-4-/t14-,16+,25+/m1/s1. The van der Waals surface area contributed by atoms with Crippen LogP contribution >= 0.6 is 15.9 Å². The molecule has 2 aromatic rings. The van der Waals surface area contributed by atoms with Crippen molar-refractivity contribution in [3.8, 4) is 11.8 Å². The van der Waals surface area contributed by atoms with Gasteiger partial charge in [0.2, 0.25) is 0 Å². The molecule has 0 radical (unpaired) electrons. The molecule has 3 atom stereocenters. The highest BCUT2D eigenvalue weighted by atomic mass is 79.9. The molecular weight excluding hydrogens is 541 g/mol. The van der Waals surface area contributed by atoms with Gasteiger partial charge in [0.15, 0.2) is 5.82 Å². The van der Waals surface area contributed by atoms with E-state index in [1.807, 2.05) is 0 Å². The lowest BCUT2D eigenvalue weighted by molar-refractivity contribution is 0.107. The number of halogens is 4. The molecule has 2 saturated heterocycles. The number of ether oxygens (including phenoxy) is 2. The Hall–Kier alpha value is -2.11. The number of hydrogen-bond donors (Lipinski definition) is 2. The second-order valence-corrected chi connectivity index (χ2v) is 10.6. The number of nitrogens with one attached hydrogen (secondary N) is 2. The molecular formula is C25H32BrF3N4O3. The quantitative estimate of drug-likeness (QED) is 0.406. The Labute approximate surface area is 216 Å². The molecule has 0 spiro atoms. The summed E-state index contributed by atoms with van der Waals surface area (Å²) in [5.74, 6) is 0.00837. The summed E-state index contributed by atoms with van der Waals surface area (Å²) in [4.78, 5) is 22.5. The average molecular weight is 573 g/mol. The molecule has 0 saturated carbocycles. The van der Waals surface area contributed by atoms with Crippen molar-refractivity contribution in [1.82, 2.24) is 20.2 Å². The zero-order valence-corrected chi connectivity index (χ0v) is 22.3. The minimum atomic E-state index is -2.52. The number of allylic oxidation sites excluding steroid dienone is 1. The summed E-state index contributed by atoms with van der Waals surface area (Å²) < 4.78 is 52.6. The van der Waals surface area contributed by atoms with Gasteiger partial charge in [-0.3, -0.25) is 14.7 Å². The maximum absolute atomic E-state index is 15.2. The van der Waals surface area contributed by atoms with E-state index < -0.39 is 30.4 Å². The van der Waals surface area contributed by atoms with E-state index in [1.165, 1.54) is 0 Å². The highest BCUT2D eigenvalue weighted by Crippen LogP contribution is 2.42. The predicted octanol–water partition coefficient (Wildman–Crippen LogP) is 4.56. The van der Waals surface area contributed by atoms with Crippen molar-refractivity contribution >= 4 is 26.8 Å². The Balaban J connectivity index is 1.61. The summed E-state index contributed by atoms with van der Waals surface area (Å²) in [6.45, 7) is 7.45. The van der Waals surface area contributed by atoms with Crippen LogP contribution in [-0.4, -0.2) is 65.7 Å². The fraction of sp³-hybridized carbons (Fsp3) is 0.600. The lowest BCUT2D eigenvalue weighted by Gasteiger charge is -2.31. The number of rotatable bonds is 10. The molecule has 2 aliphatic heterocycles.